The second-order valence-electron chi connectivity index (χ2n) is 7.09. The van der Waals surface area contributed by atoms with Gasteiger partial charge in [-0.05, 0) is 54.6 Å². The number of para-hydroxylation sites is 1. The fourth-order valence-electron chi connectivity index (χ4n) is 3.28. The van der Waals surface area contributed by atoms with Crippen molar-refractivity contribution in [2.24, 2.45) is 0 Å². The van der Waals surface area contributed by atoms with Gasteiger partial charge in [-0.3, -0.25) is 14.4 Å². The van der Waals surface area contributed by atoms with Crippen LogP contribution in [0.1, 0.15) is 10.4 Å². The third-order valence-electron chi connectivity index (χ3n) is 4.95. The van der Waals surface area contributed by atoms with Crippen LogP contribution in [0.3, 0.4) is 0 Å². The lowest BCUT2D eigenvalue weighted by Crippen LogP contribution is -2.32. The zero-order valence-electron chi connectivity index (χ0n) is 17.6. The molecule has 2 N–H and O–H groups in total. The van der Waals surface area contributed by atoms with Crippen LogP contribution in [-0.4, -0.2) is 24.8 Å². The average molecular weight is 517 g/mol. The number of carbonyl (C=O) groups excluding carboxylic acids is 3. The monoisotopic (exact) mass is 515 g/mol. The number of benzene rings is 3. The molecule has 0 unspecified atom stereocenters. The molecule has 0 saturated carbocycles. The van der Waals surface area contributed by atoms with Crippen molar-refractivity contribution >= 4 is 69.6 Å². The van der Waals surface area contributed by atoms with Gasteiger partial charge in [0.15, 0.2) is 0 Å². The molecule has 34 heavy (non-hydrogen) atoms. The van der Waals surface area contributed by atoms with Crippen LogP contribution in [0.15, 0.2) is 77.5 Å². The maximum Gasteiger partial charge on any atom is 0.283 e. The van der Waals surface area contributed by atoms with Gasteiger partial charge in [-0.2, -0.15) is 0 Å². The second-order valence-corrected chi connectivity index (χ2v) is 8.31. The summed E-state index contributed by atoms with van der Waals surface area (Å²) in [5.74, 6) is -1.25. The van der Waals surface area contributed by atoms with E-state index >= 15 is 0 Å². The van der Waals surface area contributed by atoms with Crippen LogP contribution in [0.5, 0.6) is 5.75 Å². The fourth-order valence-corrected chi connectivity index (χ4v) is 3.89. The lowest BCUT2D eigenvalue weighted by Gasteiger charge is -2.16. The maximum atomic E-state index is 12.9. The molecule has 1 aliphatic rings. The van der Waals surface area contributed by atoms with Gasteiger partial charge < -0.3 is 15.4 Å². The molecule has 172 valence electrons. The molecule has 3 amide bonds. The van der Waals surface area contributed by atoms with Crippen molar-refractivity contribution in [2.75, 3.05) is 22.6 Å². The minimum atomic E-state index is -0.686. The minimum Gasteiger partial charge on any atom is -0.495 e. The highest BCUT2D eigenvalue weighted by atomic mass is 35.5. The molecule has 4 rings (SSSR count). The molecular formula is C24H16Cl3N3O4. The summed E-state index contributed by atoms with van der Waals surface area (Å²) in [7, 11) is 1.49. The van der Waals surface area contributed by atoms with Gasteiger partial charge in [0.1, 0.15) is 16.5 Å². The van der Waals surface area contributed by atoms with Gasteiger partial charge >= 0.3 is 0 Å². The smallest absolute Gasteiger partial charge is 0.283 e. The molecule has 3 aromatic carbocycles. The first kappa shape index (κ1) is 23.6. The van der Waals surface area contributed by atoms with Crippen LogP contribution in [-0.2, 0) is 9.59 Å². The number of hydrogen-bond acceptors (Lipinski definition) is 5. The molecule has 3 aromatic rings. The Bertz CT molecular complexity index is 1340. The van der Waals surface area contributed by atoms with Crippen molar-refractivity contribution in [3.05, 3.63) is 93.1 Å². The lowest BCUT2D eigenvalue weighted by atomic mass is 10.1. The molecule has 7 nitrogen and oxygen atoms in total. The lowest BCUT2D eigenvalue weighted by molar-refractivity contribution is -0.120. The topological polar surface area (TPSA) is 87.7 Å². The van der Waals surface area contributed by atoms with Crippen LogP contribution in [0.25, 0.3) is 0 Å². The number of anilines is 3. The number of nitrogens with one attached hydrogen (secondary N) is 2. The van der Waals surface area contributed by atoms with E-state index in [4.69, 9.17) is 39.5 Å². The first-order chi connectivity index (χ1) is 16.3. The number of hydrogen-bond donors (Lipinski definition) is 2. The van der Waals surface area contributed by atoms with Crippen LogP contribution < -0.4 is 20.3 Å². The van der Waals surface area contributed by atoms with Crippen molar-refractivity contribution in [1.82, 2.24) is 0 Å². The van der Waals surface area contributed by atoms with Crippen molar-refractivity contribution in [2.45, 2.75) is 0 Å². The largest absolute Gasteiger partial charge is 0.495 e. The summed E-state index contributed by atoms with van der Waals surface area (Å²) in [6.07, 6.45) is 0. The molecule has 0 atom stereocenters. The first-order valence-corrected chi connectivity index (χ1v) is 11.0. The van der Waals surface area contributed by atoms with E-state index in [1.165, 1.54) is 7.11 Å². The molecule has 1 heterocycles. The molecule has 0 aliphatic carbocycles. The van der Waals surface area contributed by atoms with Gasteiger partial charge in [-0.15, -0.1) is 0 Å². The Morgan fingerprint density at radius 2 is 1.62 bits per heavy atom. The van der Waals surface area contributed by atoms with Crippen LogP contribution in [0.4, 0.5) is 17.1 Å². The van der Waals surface area contributed by atoms with E-state index in [2.05, 4.69) is 10.6 Å². The Labute approximate surface area is 209 Å². The van der Waals surface area contributed by atoms with E-state index in [0.717, 1.165) is 4.90 Å². The quantitative estimate of drug-likeness (QED) is 0.411. The van der Waals surface area contributed by atoms with Gasteiger partial charge in [0.05, 0.1) is 23.5 Å². The summed E-state index contributed by atoms with van der Waals surface area (Å²) in [5.41, 5.74) is 1.37. The van der Waals surface area contributed by atoms with Gasteiger partial charge in [0.25, 0.3) is 17.7 Å². The van der Waals surface area contributed by atoms with Crippen LogP contribution >= 0.6 is 34.8 Å². The predicted molar refractivity (Wildman–Crippen MR) is 133 cm³/mol. The zero-order valence-corrected chi connectivity index (χ0v) is 19.8. The molecule has 1 aliphatic heterocycles. The van der Waals surface area contributed by atoms with Gasteiger partial charge in [0, 0.05) is 16.3 Å². The van der Waals surface area contributed by atoms with Gasteiger partial charge in [0.2, 0.25) is 0 Å². The third kappa shape index (κ3) is 4.59. The Morgan fingerprint density at radius 3 is 2.29 bits per heavy atom. The zero-order chi connectivity index (χ0) is 24.4. The predicted octanol–water partition coefficient (Wildman–Crippen LogP) is 5.69. The number of methoxy groups -OCH3 is 1. The van der Waals surface area contributed by atoms with E-state index in [1.54, 1.807) is 66.7 Å². The molecule has 0 bridgehead atoms. The number of rotatable bonds is 6. The van der Waals surface area contributed by atoms with Crippen molar-refractivity contribution in [3.63, 3.8) is 0 Å². The minimum absolute atomic E-state index is 0.0903. The molecule has 0 spiro atoms. The second kappa shape index (κ2) is 9.77. The highest BCUT2D eigenvalue weighted by molar-refractivity contribution is 6.53. The standard InChI is InChI=1S/C24H16Cl3N3O4/c1-34-19-11-8-14(25)12-17(19)29-22(31)13-6-9-15(10-7-13)28-21-20(27)23(32)30(24(21)33)18-5-3-2-4-16(18)26/h2-12,28H,1H3,(H,29,31). The van der Waals surface area contributed by atoms with Crippen LogP contribution in [0.2, 0.25) is 10.0 Å². The first-order valence-electron chi connectivity index (χ1n) is 9.85. The normalized spacial score (nSPS) is 13.4. The highest BCUT2D eigenvalue weighted by Gasteiger charge is 2.39. The van der Waals surface area contributed by atoms with E-state index in [9.17, 15) is 14.4 Å². The Hall–Kier alpha value is -3.52. The van der Waals surface area contributed by atoms with E-state index in [0.29, 0.717) is 27.7 Å². The van der Waals surface area contributed by atoms with Gasteiger partial charge in [-0.25, -0.2) is 4.90 Å². The number of carbonyl (C=O) groups is 3. The molecule has 0 aromatic heterocycles. The summed E-state index contributed by atoms with van der Waals surface area (Å²) >= 11 is 18.3. The van der Waals surface area contributed by atoms with Gasteiger partial charge in [-0.1, -0.05) is 46.9 Å². The third-order valence-corrected chi connectivity index (χ3v) is 5.85. The molecule has 0 radical (unpaired) electrons. The number of imide groups is 1. The Kier molecular flexibility index (Phi) is 6.79. The van der Waals surface area contributed by atoms with Crippen LogP contribution in [0, 0.1) is 0 Å². The fraction of sp³-hybridized carbons (Fsp3) is 0.0417. The summed E-state index contributed by atoms with van der Waals surface area (Å²) < 4.78 is 5.23. The highest BCUT2D eigenvalue weighted by Crippen LogP contribution is 2.34. The average Bonchev–Trinajstić information content (AvgIpc) is 3.03. The van der Waals surface area contributed by atoms with Crippen molar-refractivity contribution in [3.8, 4) is 5.75 Å². The molecule has 0 fully saturated rings. The maximum absolute atomic E-state index is 12.9. The van der Waals surface area contributed by atoms with E-state index in [1.807, 2.05) is 0 Å². The SMILES string of the molecule is COc1ccc(Cl)cc1NC(=O)c1ccc(NC2=C(Cl)C(=O)N(c3ccccc3Cl)C2=O)cc1. The number of amides is 3. The Morgan fingerprint density at radius 1 is 0.912 bits per heavy atom. The summed E-state index contributed by atoms with van der Waals surface area (Å²) in [5, 5.41) is 6.02. The molecule has 0 saturated heterocycles. The van der Waals surface area contributed by atoms with E-state index in [-0.39, 0.29) is 27.3 Å². The van der Waals surface area contributed by atoms with E-state index < -0.39 is 11.8 Å². The van der Waals surface area contributed by atoms with Crippen molar-refractivity contribution < 1.29 is 19.1 Å². The number of nitrogens with zero attached hydrogens (tertiary/aromatic N) is 1. The summed E-state index contributed by atoms with van der Waals surface area (Å²) in [4.78, 5) is 39.1. The summed E-state index contributed by atoms with van der Waals surface area (Å²) in [6.45, 7) is 0. The molecule has 10 heteroatoms. The molecular weight excluding hydrogens is 501 g/mol. The number of ether oxygens (including phenoxy) is 1. The summed E-state index contributed by atoms with van der Waals surface area (Å²) in [6, 6.07) is 17.6. The Balaban J connectivity index is 1.50. The number of halogens is 3. The van der Waals surface area contributed by atoms with Crippen molar-refractivity contribution in [1.29, 1.82) is 0 Å².